The van der Waals surface area contributed by atoms with E-state index in [1.807, 2.05) is 0 Å². The Labute approximate surface area is 168 Å². The first kappa shape index (κ1) is 26.8. The van der Waals surface area contributed by atoms with E-state index in [4.69, 9.17) is 4.74 Å². The van der Waals surface area contributed by atoms with Gasteiger partial charge in [0, 0.05) is 0 Å². The molecule has 0 saturated carbocycles. The molecule has 1 heterocycles. The third-order valence-corrected chi connectivity index (χ3v) is 5.86. The van der Waals surface area contributed by atoms with Crippen molar-refractivity contribution in [3.05, 3.63) is 0 Å². The van der Waals surface area contributed by atoms with Crippen molar-refractivity contribution in [3.63, 3.8) is 0 Å². The lowest BCUT2D eigenvalue weighted by Gasteiger charge is -2.40. The van der Waals surface area contributed by atoms with Crippen LogP contribution in [0.3, 0.4) is 0 Å². The smallest absolute Gasteiger partial charge is 0.217 e. The minimum absolute atomic E-state index is 0.0914. The average Bonchev–Trinajstić information content (AvgIpc) is 2.63. The topological polar surface area (TPSA) is 75.7 Å². The van der Waals surface area contributed by atoms with Crippen LogP contribution in [0.1, 0.15) is 85.0 Å². The zero-order valence-corrected chi connectivity index (χ0v) is 18.7. The molecule has 0 N–H and O–H groups in total. The molecule has 0 radical (unpaired) electrons. The van der Waals surface area contributed by atoms with Gasteiger partial charge in [0.15, 0.2) is 0 Å². The van der Waals surface area contributed by atoms with E-state index in [1.165, 1.54) is 102 Å². The van der Waals surface area contributed by atoms with Gasteiger partial charge in [-0.15, -0.1) is 0 Å². The van der Waals surface area contributed by atoms with Gasteiger partial charge < -0.3 is 13.8 Å². The molecule has 6 nitrogen and oxygen atoms in total. The molecular formula is C20H43NO5S. The molecule has 0 bridgehead atoms. The van der Waals surface area contributed by atoms with Gasteiger partial charge in [-0.1, -0.05) is 58.3 Å². The molecule has 1 rings (SSSR count). The molecule has 0 amide bonds. The summed E-state index contributed by atoms with van der Waals surface area (Å²) < 4.78 is 38.8. The summed E-state index contributed by atoms with van der Waals surface area (Å²) in [7, 11) is -4.42. The highest BCUT2D eigenvalue weighted by Crippen LogP contribution is 2.15. The lowest BCUT2D eigenvalue weighted by atomic mass is 10.1. The van der Waals surface area contributed by atoms with Crippen molar-refractivity contribution in [2.24, 2.45) is 0 Å². The summed E-state index contributed by atoms with van der Waals surface area (Å²) in [5.74, 6) is 0. The summed E-state index contributed by atoms with van der Waals surface area (Å²) in [4.78, 5) is 0. The number of morpholine rings is 1. The second kappa shape index (κ2) is 16.7. The van der Waals surface area contributed by atoms with E-state index >= 15 is 0 Å². The number of rotatable bonds is 14. The van der Waals surface area contributed by atoms with Crippen molar-refractivity contribution in [1.82, 2.24) is 0 Å². The summed E-state index contributed by atoms with van der Waals surface area (Å²) >= 11 is 0. The minimum Gasteiger partial charge on any atom is -0.726 e. The van der Waals surface area contributed by atoms with Gasteiger partial charge in [0.2, 0.25) is 10.4 Å². The molecule has 0 unspecified atom stereocenters. The van der Waals surface area contributed by atoms with Crippen LogP contribution in [0.25, 0.3) is 0 Å². The Hall–Kier alpha value is -0.210. The van der Waals surface area contributed by atoms with Crippen molar-refractivity contribution in [1.29, 1.82) is 0 Å². The second-order valence-corrected chi connectivity index (χ2v) is 8.49. The molecule has 27 heavy (non-hydrogen) atoms. The Bertz CT molecular complexity index is 422. The Balaban J connectivity index is 0.000000821. The van der Waals surface area contributed by atoms with Crippen LogP contribution in [0.4, 0.5) is 0 Å². The fourth-order valence-electron chi connectivity index (χ4n) is 3.51. The molecule has 0 aromatic rings. The van der Waals surface area contributed by atoms with Gasteiger partial charge >= 0.3 is 0 Å². The van der Waals surface area contributed by atoms with Gasteiger partial charge in [-0.05, 0) is 26.7 Å². The fourth-order valence-corrected chi connectivity index (χ4v) is 3.80. The number of nitrogens with zero attached hydrogens (tertiary/aromatic N) is 1. The maximum Gasteiger partial charge on any atom is 0.217 e. The standard InChI is InChI=1S/C18H38NO.C2H6O4S/c1-3-5-6-7-8-9-10-11-12-13-14-19(4-2)15-17-20-18-16-19;1-2-6-7(3,4)5/h3-18H2,1-2H3;2H2,1H3,(H,3,4,5)/q+1;/p-1. The Morgan fingerprint density at radius 1 is 0.852 bits per heavy atom. The van der Waals surface area contributed by atoms with Gasteiger partial charge in [-0.2, -0.15) is 0 Å². The molecule has 7 heteroatoms. The highest BCUT2D eigenvalue weighted by molar-refractivity contribution is 7.80. The van der Waals surface area contributed by atoms with E-state index in [1.54, 1.807) is 0 Å². The third-order valence-electron chi connectivity index (χ3n) is 5.34. The zero-order chi connectivity index (χ0) is 20.4. The van der Waals surface area contributed by atoms with E-state index < -0.39 is 10.4 Å². The predicted octanol–water partition coefficient (Wildman–Crippen LogP) is 4.26. The lowest BCUT2D eigenvalue weighted by molar-refractivity contribution is -0.933. The number of unbranched alkanes of at least 4 members (excludes halogenated alkanes) is 9. The van der Waals surface area contributed by atoms with E-state index in [9.17, 15) is 13.0 Å². The number of quaternary nitrogens is 1. The van der Waals surface area contributed by atoms with E-state index in [0.717, 1.165) is 13.2 Å². The predicted molar refractivity (Wildman–Crippen MR) is 109 cm³/mol. The van der Waals surface area contributed by atoms with Crippen molar-refractivity contribution in [2.75, 3.05) is 46.0 Å². The summed E-state index contributed by atoms with van der Waals surface area (Å²) in [6.07, 6.45) is 14.4. The Kier molecular flexibility index (Phi) is 16.6. The summed E-state index contributed by atoms with van der Waals surface area (Å²) in [5, 5.41) is 0. The highest BCUT2D eigenvalue weighted by atomic mass is 32.3. The fraction of sp³-hybridized carbons (Fsp3) is 1.00. The molecule has 1 fully saturated rings. The molecule has 1 aliphatic heterocycles. The van der Waals surface area contributed by atoms with Crippen LogP contribution >= 0.6 is 0 Å². The summed E-state index contributed by atoms with van der Waals surface area (Å²) in [6.45, 7) is 13.1. The van der Waals surface area contributed by atoms with Crippen LogP contribution < -0.4 is 0 Å². The normalized spacial score (nSPS) is 16.6. The zero-order valence-electron chi connectivity index (χ0n) is 17.9. The monoisotopic (exact) mass is 409 g/mol. The molecule has 1 aliphatic rings. The van der Waals surface area contributed by atoms with Crippen LogP contribution in [0.5, 0.6) is 0 Å². The van der Waals surface area contributed by atoms with Gasteiger partial charge in [0.25, 0.3) is 0 Å². The SMILES string of the molecule is CCCCCCCCCCCC[N+]1(CC)CCOCC1.CCOS(=O)(=O)[O-]. The number of hydrogen-bond acceptors (Lipinski definition) is 5. The molecule has 0 spiro atoms. The Morgan fingerprint density at radius 3 is 1.70 bits per heavy atom. The molecule has 164 valence electrons. The lowest BCUT2D eigenvalue weighted by Crippen LogP contribution is -2.55. The van der Waals surface area contributed by atoms with Crippen LogP contribution in [0, 0.1) is 0 Å². The summed E-state index contributed by atoms with van der Waals surface area (Å²) in [5.41, 5.74) is 0. The van der Waals surface area contributed by atoms with E-state index in [-0.39, 0.29) is 6.61 Å². The molecule has 0 aliphatic carbocycles. The van der Waals surface area contributed by atoms with Crippen molar-refractivity contribution >= 4 is 10.4 Å². The molecule has 0 aromatic heterocycles. The number of hydrogen-bond donors (Lipinski definition) is 0. The molecular weight excluding hydrogens is 366 g/mol. The Morgan fingerprint density at radius 2 is 1.33 bits per heavy atom. The van der Waals surface area contributed by atoms with Gasteiger partial charge in [-0.3, -0.25) is 4.18 Å². The van der Waals surface area contributed by atoms with Gasteiger partial charge in [-0.25, -0.2) is 8.42 Å². The third kappa shape index (κ3) is 16.4. The van der Waals surface area contributed by atoms with Crippen LogP contribution in [-0.4, -0.2) is 63.5 Å². The van der Waals surface area contributed by atoms with Crippen molar-refractivity contribution < 1.29 is 26.4 Å². The molecule has 0 atom stereocenters. The number of ether oxygens (including phenoxy) is 1. The average molecular weight is 410 g/mol. The van der Waals surface area contributed by atoms with Gasteiger partial charge in [0.05, 0.1) is 32.9 Å². The van der Waals surface area contributed by atoms with Gasteiger partial charge in [0.1, 0.15) is 13.1 Å². The van der Waals surface area contributed by atoms with Crippen LogP contribution in [0.15, 0.2) is 0 Å². The first-order valence-electron chi connectivity index (χ1n) is 10.9. The first-order chi connectivity index (χ1) is 12.9. The first-order valence-corrected chi connectivity index (χ1v) is 12.3. The van der Waals surface area contributed by atoms with Crippen molar-refractivity contribution in [3.8, 4) is 0 Å². The molecule has 1 saturated heterocycles. The highest BCUT2D eigenvalue weighted by Gasteiger charge is 2.27. The maximum atomic E-state index is 9.45. The molecule has 0 aromatic carbocycles. The van der Waals surface area contributed by atoms with E-state index in [0.29, 0.717) is 0 Å². The largest absolute Gasteiger partial charge is 0.726 e. The van der Waals surface area contributed by atoms with Crippen LogP contribution in [-0.2, 0) is 19.3 Å². The van der Waals surface area contributed by atoms with E-state index in [2.05, 4.69) is 18.0 Å². The summed E-state index contributed by atoms with van der Waals surface area (Å²) in [6, 6.07) is 0. The quantitative estimate of drug-likeness (QED) is 0.185. The van der Waals surface area contributed by atoms with Crippen molar-refractivity contribution in [2.45, 2.75) is 85.0 Å². The number of likely N-dealkylation sites (N-methyl/N-ethyl adjacent to an activating group) is 1. The van der Waals surface area contributed by atoms with Crippen LogP contribution in [0.2, 0.25) is 0 Å². The maximum absolute atomic E-state index is 9.45. The second-order valence-electron chi connectivity index (χ2n) is 7.44. The minimum atomic E-state index is -4.42.